The highest BCUT2D eigenvalue weighted by atomic mass is 16.3. The number of hydrazone groups is 2. The van der Waals surface area contributed by atoms with E-state index < -0.39 is 0 Å². The van der Waals surface area contributed by atoms with Crippen molar-refractivity contribution in [2.75, 3.05) is 5.43 Å². The number of hydrogen-bond acceptors (Lipinski definition) is 6. The lowest BCUT2D eigenvalue weighted by atomic mass is 9.94. The molecule has 2 aromatic carbocycles. The van der Waals surface area contributed by atoms with E-state index in [0.29, 0.717) is 17.7 Å². The number of carbonyl (C=O) groups excluding carboxylic acids is 1. The Balaban J connectivity index is 1.72. The topological polar surface area (TPSA) is 106 Å². The average molecular weight is 352 g/mol. The third kappa shape index (κ3) is 4.00. The Morgan fingerprint density at radius 1 is 1.19 bits per heavy atom. The first-order valence-corrected chi connectivity index (χ1v) is 8.23. The van der Waals surface area contributed by atoms with E-state index in [9.17, 15) is 15.0 Å². The fraction of sp³-hybridized carbons (Fsp3) is 0.211. The summed E-state index contributed by atoms with van der Waals surface area (Å²) in [4.78, 5) is 11.3. The van der Waals surface area contributed by atoms with Crippen LogP contribution in [0.15, 0.2) is 52.7 Å². The molecule has 7 heteroatoms. The Labute approximate surface area is 151 Å². The van der Waals surface area contributed by atoms with Crippen LogP contribution in [0.5, 0.6) is 11.5 Å². The van der Waals surface area contributed by atoms with Crippen LogP contribution >= 0.6 is 0 Å². The van der Waals surface area contributed by atoms with E-state index in [1.165, 1.54) is 18.2 Å². The molecule has 0 aliphatic carbocycles. The van der Waals surface area contributed by atoms with Gasteiger partial charge in [-0.15, -0.1) is 0 Å². The Hall–Kier alpha value is -3.35. The quantitative estimate of drug-likeness (QED) is 0.501. The largest absolute Gasteiger partial charge is 0.508 e. The molecular formula is C19H20N4O3. The number of nitrogens with one attached hydrogen (secondary N) is 2. The van der Waals surface area contributed by atoms with Gasteiger partial charge in [0, 0.05) is 24.0 Å². The van der Waals surface area contributed by atoms with Gasteiger partial charge in [0.25, 0.3) is 0 Å². The summed E-state index contributed by atoms with van der Waals surface area (Å²) in [5.74, 6) is -0.0367. The molecule has 0 aromatic heterocycles. The van der Waals surface area contributed by atoms with Crippen molar-refractivity contribution in [3.8, 4) is 11.5 Å². The molecule has 0 bridgehead atoms. The van der Waals surface area contributed by atoms with Gasteiger partial charge in [-0.25, -0.2) is 5.43 Å². The second-order valence-corrected chi connectivity index (χ2v) is 6.26. The maximum absolute atomic E-state index is 11.3. The molecule has 4 N–H and O–H groups in total. The molecular weight excluding hydrogens is 332 g/mol. The average Bonchev–Trinajstić information content (AvgIpc) is 2.59. The van der Waals surface area contributed by atoms with E-state index in [1.54, 1.807) is 6.92 Å². The summed E-state index contributed by atoms with van der Waals surface area (Å²) in [6.45, 7) is 3.75. The van der Waals surface area contributed by atoms with Gasteiger partial charge in [-0.2, -0.15) is 10.2 Å². The van der Waals surface area contributed by atoms with Crippen molar-refractivity contribution in [3.63, 3.8) is 0 Å². The Morgan fingerprint density at radius 3 is 2.46 bits per heavy atom. The van der Waals surface area contributed by atoms with Gasteiger partial charge in [0.05, 0.1) is 17.1 Å². The van der Waals surface area contributed by atoms with Crippen molar-refractivity contribution in [2.45, 2.75) is 20.3 Å². The van der Waals surface area contributed by atoms with E-state index in [2.05, 4.69) is 21.1 Å². The number of carbonyl (C=O) groups is 1. The normalized spacial score (nSPS) is 17.5. The second kappa shape index (κ2) is 7.26. The highest BCUT2D eigenvalue weighted by Gasteiger charge is 2.21. The van der Waals surface area contributed by atoms with Gasteiger partial charge in [-0.3, -0.25) is 10.2 Å². The Kier molecular flexibility index (Phi) is 4.88. The molecule has 7 nitrogen and oxygen atoms in total. The monoisotopic (exact) mass is 352 g/mol. The van der Waals surface area contributed by atoms with Gasteiger partial charge in [-0.1, -0.05) is 19.1 Å². The van der Waals surface area contributed by atoms with Gasteiger partial charge in [-0.05, 0) is 36.8 Å². The first-order chi connectivity index (χ1) is 12.4. The molecule has 0 radical (unpaired) electrons. The fourth-order valence-corrected chi connectivity index (χ4v) is 2.73. The molecule has 1 unspecified atom stereocenters. The molecule has 2 aromatic rings. The summed E-state index contributed by atoms with van der Waals surface area (Å²) in [5.41, 5.74) is 9.28. The molecule has 134 valence electrons. The maximum Gasteiger partial charge on any atom is 0.240 e. The molecule has 0 spiro atoms. The van der Waals surface area contributed by atoms with Crippen molar-refractivity contribution in [1.29, 1.82) is 0 Å². The zero-order valence-electron chi connectivity index (χ0n) is 14.5. The second-order valence-electron chi connectivity index (χ2n) is 6.26. The third-order valence-electron chi connectivity index (χ3n) is 4.11. The molecule has 1 aliphatic heterocycles. The molecule has 26 heavy (non-hydrogen) atoms. The van der Waals surface area contributed by atoms with Gasteiger partial charge in [0.15, 0.2) is 0 Å². The number of benzene rings is 2. The van der Waals surface area contributed by atoms with Crippen LogP contribution in [0.25, 0.3) is 0 Å². The van der Waals surface area contributed by atoms with Crippen LogP contribution in [-0.2, 0) is 4.79 Å². The molecule has 1 atom stereocenters. The minimum Gasteiger partial charge on any atom is -0.508 e. The number of phenolic OH excluding ortho intramolecular Hbond substituents is 2. The molecule has 1 aliphatic rings. The number of rotatable bonds is 4. The number of amides is 1. The fourth-order valence-electron chi connectivity index (χ4n) is 2.73. The predicted molar refractivity (Wildman–Crippen MR) is 101 cm³/mol. The highest BCUT2D eigenvalue weighted by molar-refractivity contribution is 6.05. The minimum atomic E-state index is -0.0673. The van der Waals surface area contributed by atoms with Gasteiger partial charge in [0.1, 0.15) is 11.5 Å². The predicted octanol–water partition coefficient (Wildman–Crippen LogP) is 2.79. The number of nitrogens with zero attached hydrogens (tertiary/aromatic N) is 2. The number of anilines is 1. The van der Waals surface area contributed by atoms with Crippen LogP contribution in [0.3, 0.4) is 0 Å². The van der Waals surface area contributed by atoms with E-state index in [4.69, 9.17) is 0 Å². The smallest absolute Gasteiger partial charge is 0.240 e. The van der Waals surface area contributed by atoms with E-state index in [-0.39, 0.29) is 23.3 Å². The minimum absolute atomic E-state index is 0.0200. The number of hydrogen-bond donors (Lipinski definition) is 4. The molecule has 0 saturated heterocycles. The Morgan fingerprint density at radius 2 is 1.85 bits per heavy atom. The molecule has 1 heterocycles. The summed E-state index contributed by atoms with van der Waals surface area (Å²) >= 11 is 0. The van der Waals surface area contributed by atoms with Crippen LogP contribution < -0.4 is 10.9 Å². The van der Waals surface area contributed by atoms with Crippen molar-refractivity contribution >= 4 is 23.0 Å². The summed E-state index contributed by atoms with van der Waals surface area (Å²) in [6, 6.07) is 11.9. The lowest BCUT2D eigenvalue weighted by molar-refractivity contribution is -0.121. The van der Waals surface area contributed by atoms with Gasteiger partial charge in [0.2, 0.25) is 5.91 Å². The van der Waals surface area contributed by atoms with Crippen LogP contribution in [0.1, 0.15) is 31.4 Å². The van der Waals surface area contributed by atoms with E-state index in [1.807, 2.05) is 31.2 Å². The van der Waals surface area contributed by atoms with Crippen molar-refractivity contribution in [1.82, 2.24) is 5.43 Å². The summed E-state index contributed by atoms with van der Waals surface area (Å²) in [7, 11) is 0. The molecule has 1 amide bonds. The molecule has 0 fully saturated rings. The highest BCUT2D eigenvalue weighted by Crippen LogP contribution is 2.21. The van der Waals surface area contributed by atoms with Crippen LogP contribution in [0.4, 0.5) is 5.69 Å². The maximum atomic E-state index is 11.3. The van der Waals surface area contributed by atoms with Crippen LogP contribution in [0.2, 0.25) is 0 Å². The standard InChI is InChI=1S/C19H20N4O3/c1-11-7-18(26)22-23-19(11)13-3-5-15(6-4-13)21-20-12(2)14-8-16(24)10-17(25)9-14/h3-6,8-11,21,24-25H,7H2,1-2H3,(H,22,26). The zero-order chi connectivity index (χ0) is 18.7. The summed E-state index contributed by atoms with van der Waals surface area (Å²) in [6.07, 6.45) is 0.430. The molecule has 3 rings (SSSR count). The lowest BCUT2D eigenvalue weighted by Gasteiger charge is -2.19. The summed E-state index contributed by atoms with van der Waals surface area (Å²) in [5, 5.41) is 27.5. The summed E-state index contributed by atoms with van der Waals surface area (Å²) < 4.78 is 0. The first-order valence-electron chi connectivity index (χ1n) is 8.23. The first kappa shape index (κ1) is 17.5. The van der Waals surface area contributed by atoms with Crippen LogP contribution in [-0.4, -0.2) is 27.5 Å². The number of phenols is 2. The SMILES string of the molecule is CC(=NNc1ccc(C2=NNC(=O)CC2C)cc1)c1cc(O)cc(O)c1. The molecule has 0 saturated carbocycles. The number of aromatic hydroxyl groups is 2. The van der Waals surface area contributed by atoms with E-state index >= 15 is 0 Å². The van der Waals surface area contributed by atoms with E-state index in [0.717, 1.165) is 17.0 Å². The van der Waals surface area contributed by atoms with Crippen molar-refractivity contribution in [3.05, 3.63) is 53.6 Å². The van der Waals surface area contributed by atoms with Crippen molar-refractivity contribution in [2.24, 2.45) is 16.1 Å². The zero-order valence-corrected chi connectivity index (χ0v) is 14.5. The Bertz CT molecular complexity index is 868. The lowest BCUT2D eigenvalue weighted by Crippen LogP contribution is -2.31. The third-order valence-corrected chi connectivity index (χ3v) is 4.11. The van der Waals surface area contributed by atoms with Gasteiger partial charge >= 0.3 is 0 Å². The van der Waals surface area contributed by atoms with Crippen LogP contribution in [0, 0.1) is 5.92 Å². The van der Waals surface area contributed by atoms with Gasteiger partial charge < -0.3 is 10.2 Å². The van der Waals surface area contributed by atoms with Crippen molar-refractivity contribution < 1.29 is 15.0 Å².